The number of allylic oxidation sites excluding steroid dienone is 4. The van der Waals surface area contributed by atoms with Crippen molar-refractivity contribution in [3.63, 3.8) is 0 Å². The van der Waals surface area contributed by atoms with Crippen LogP contribution in [0, 0.1) is 52.3 Å². The van der Waals surface area contributed by atoms with Gasteiger partial charge in [-0.2, -0.15) is 0 Å². The Hall–Kier alpha value is -0.520. The Morgan fingerprint density at radius 3 is 2.52 bits per heavy atom. The quantitative estimate of drug-likeness (QED) is 0.407. The number of hydrogen-bond donors (Lipinski definition) is 0. The fourth-order valence-electron chi connectivity index (χ4n) is 8.88. The molecular weight excluding hydrogens is 348 g/mol. The van der Waals surface area contributed by atoms with E-state index in [0.717, 1.165) is 41.4 Å². The van der Waals surface area contributed by atoms with E-state index in [9.17, 15) is 0 Å². The van der Waals surface area contributed by atoms with Gasteiger partial charge >= 0.3 is 0 Å². The van der Waals surface area contributed by atoms with E-state index < -0.39 is 0 Å². The first-order valence-corrected chi connectivity index (χ1v) is 13.2. The number of rotatable bonds is 5. The highest BCUT2D eigenvalue weighted by Crippen LogP contribution is 2.67. The molecule has 0 N–H and O–H groups in total. The molecule has 0 aromatic rings. The van der Waals surface area contributed by atoms with Gasteiger partial charge in [0.1, 0.15) is 0 Å². The van der Waals surface area contributed by atoms with Crippen LogP contribution in [0.25, 0.3) is 0 Å². The molecule has 0 heteroatoms. The number of hydrogen-bond acceptors (Lipinski definition) is 0. The summed E-state index contributed by atoms with van der Waals surface area (Å²) in [6.07, 6.45) is 22.4. The summed E-state index contributed by atoms with van der Waals surface area (Å²) in [6.45, 7) is 15.0. The van der Waals surface area contributed by atoms with Gasteiger partial charge in [-0.1, -0.05) is 71.8 Å². The molecule has 0 radical (unpaired) electrons. The van der Waals surface area contributed by atoms with Gasteiger partial charge in [0.05, 0.1) is 0 Å². The zero-order chi connectivity index (χ0) is 20.8. The van der Waals surface area contributed by atoms with E-state index >= 15 is 0 Å². The fraction of sp³-hybridized carbons (Fsp3) is 0.862. The molecule has 0 nitrogen and oxygen atoms in total. The summed E-state index contributed by atoms with van der Waals surface area (Å²) in [6, 6.07) is 0. The van der Waals surface area contributed by atoms with E-state index in [1.807, 2.05) is 5.57 Å². The average molecular weight is 397 g/mol. The van der Waals surface area contributed by atoms with Crippen molar-refractivity contribution in [3.05, 3.63) is 23.8 Å². The summed E-state index contributed by atoms with van der Waals surface area (Å²) in [7, 11) is 0. The van der Waals surface area contributed by atoms with E-state index in [0.29, 0.717) is 10.8 Å². The third-order valence-electron chi connectivity index (χ3n) is 10.7. The predicted molar refractivity (Wildman–Crippen MR) is 127 cm³/mol. The van der Waals surface area contributed by atoms with Gasteiger partial charge in [0.15, 0.2) is 0 Å². The second-order valence-electron chi connectivity index (χ2n) is 12.3. The summed E-state index contributed by atoms with van der Waals surface area (Å²) < 4.78 is 0. The molecule has 0 aromatic heterocycles. The largest absolute Gasteiger partial charge is 0.0851 e. The van der Waals surface area contributed by atoms with Crippen LogP contribution < -0.4 is 0 Å². The molecule has 0 amide bonds. The molecule has 0 saturated heterocycles. The van der Waals surface area contributed by atoms with Gasteiger partial charge in [0.2, 0.25) is 0 Å². The lowest BCUT2D eigenvalue weighted by Crippen LogP contribution is -2.49. The van der Waals surface area contributed by atoms with Crippen LogP contribution in [0.15, 0.2) is 23.8 Å². The lowest BCUT2D eigenvalue weighted by molar-refractivity contribution is -0.0462. The predicted octanol–water partition coefficient (Wildman–Crippen LogP) is 8.83. The van der Waals surface area contributed by atoms with Crippen LogP contribution in [0.1, 0.15) is 106 Å². The van der Waals surface area contributed by atoms with E-state index in [1.54, 1.807) is 0 Å². The van der Waals surface area contributed by atoms with Crippen molar-refractivity contribution >= 4 is 0 Å². The molecule has 3 fully saturated rings. The van der Waals surface area contributed by atoms with Crippen LogP contribution >= 0.6 is 0 Å². The zero-order valence-electron chi connectivity index (χ0n) is 20.3. The minimum absolute atomic E-state index is 0.553. The van der Waals surface area contributed by atoms with Crippen molar-refractivity contribution in [2.45, 2.75) is 106 Å². The molecule has 29 heavy (non-hydrogen) atoms. The van der Waals surface area contributed by atoms with Crippen molar-refractivity contribution in [2.24, 2.45) is 52.3 Å². The molecule has 0 bridgehead atoms. The molecule has 164 valence electrons. The molecule has 4 aliphatic carbocycles. The molecule has 0 aliphatic heterocycles. The Balaban J connectivity index is 1.52. The van der Waals surface area contributed by atoms with Crippen molar-refractivity contribution < 1.29 is 0 Å². The Kier molecular flexibility index (Phi) is 6.14. The monoisotopic (exact) mass is 396 g/mol. The van der Waals surface area contributed by atoms with Crippen LogP contribution in [-0.4, -0.2) is 0 Å². The van der Waals surface area contributed by atoms with Crippen molar-refractivity contribution in [2.75, 3.05) is 0 Å². The van der Waals surface area contributed by atoms with E-state index in [-0.39, 0.29) is 0 Å². The van der Waals surface area contributed by atoms with E-state index in [1.165, 1.54) is 64.2 Å². The Morgan fingerprint density at radius 1 is 1.00 bits per heavy atom. The molecule has 4 rings (SSSR count). The van der Waals surface area contributed by atoms with Crippen molar-refractivity contribution in [1.29, 1.82) is 0 Å². The molecule has 0 aromatic carbocycles. The van der Waals surface area contributed by atoms with Gasteiger partial charge in [0.25, 0.3) is 0 Å². The van der Waals surface area contributed by atoms with Crippen molar-refractivity contribution in [3.8, 4) is 0 Å². The average Bonchev–Trinajstić information content (AvgIpc) is 3.05. The first-order chi connectivity index (χ1) is 13.8. The van der Waals surface area contributed by atoms with Crippen LogP contribution in [0.4, 0.5) is 0 Å². The van der Waals surface area contributed by atoms with Gasteiger partial charge in [-0.25, -0.2) is 0 Å². The molecule has 8 atom stereocenters. The van der Waals surface area contributed by atoms with Crippen molar-refractivity contribution in [1.82, 2.24) is 0 Å². The fourth-order valence-corrected chi connectivity index (χ4v) is 8.88. The molecular formula is C29H48. The Morgan fingerprint density at radius 2 is 1.79 bits per heavy atom. The maximum absolute atomic E-state index is 2.73. The molecule has 3 saturated carbocycles. The summed E-state index contributed by atoms with van der Waals surface area (Å²) in [4.78, 5) is 0. The molecule has 0 spiro atoms. The maximum atomic E-state index is 2.73. The minimum atomic E-state index is 0.553. The van der Waals surface area contributed by atoms with Crippen LogP contribution in [0.2, 0.25) is 0 Å². The highest BCUT2D eigenvalue weighted by atomic mass is 14.6. The van der Waals surface area contributed by atoms with Gasteiger partial charge in [-0.15, -0.1) is 0 Å². The normalized spacial score (nSPS) is 44.2. The molecule has 0 heterocycles. The first-order valence-electron chi connectivity index (χ1n) is 13.2. The molecule has 8 unspecified atom stereocenters. The summed E-state index contributed by atoms with van der Waals surface area (Å²) in [5.41, 5.74) is 3.00. The van der Waals surface area contributed by atoms with Crippen LogP contribution in [0.5, 0.6) is 0 Å². The van der Waals surface area contributed by atoms with E-state index in [4.69, 9.17) is 0 Å². The van der Waals surface area contributed by atoms with E-state index in [2.05, 4.69) is 59.8 Å². The lowest BCUT2D eigenvalue weighted by atomic mass is 9.47. The third-order valence-corrected chi connectivity index (χ3v) is 10.7. The maximum Gasteiger partial charge on any atom is -0.00853 e. The van der Waals surface area contributed by atoms with Gasteiger partial charge in [-0.05, 0) is 110 Å². The second-order valence-corrected chi connectivity index (χ2v) is 12.3. The number of fused-ring (bicyclic) bond motifs is 5. The Bertz CT molecular complexity index is 638. The zero-order valence-corrected chi connectivity index (χ0v) is 20.3. The van der Waals surface area contributed by atoms with Gasteiger partial charge < -0.3 is 0 Å². The standard InChI is InChI=1S/C29H48/c1-7-22(20(2)3)12-11-21(4)25-15-16-26-24-14-13-23-10-8-9-18-28(23,5)27(24)17-19-29(25,26)6/h11-13,20-22,24-27H,7-10,14-19H2,1-6H3/b12-11+. The third kappa shape index (κ3) is 3.59. The highest BCUT2D eigenvalue weighted by molar-refractivity contribution is 5.24. The topological polar surface area (TPSA) is 0 Å². The minimum Gasteiger partial charge on any atom is -0.0851 e. The van der Waals surface area contributed by atoms with Gasteiger partial charge in [-0.3, -0.25) is 0 Å². The summed E-state index contributed by atoms with van der Waals surface area (Å²) in [5.74, 6) is 6.10. The second kappa shape index (κ2) is 8.20. The summed E-state index contributed by atoms with van der Waals surface area (Å²) >= 11 is 0. The van der Waals surface area contributed by atoms with Crippen LogP contribution in [-0.2, 0) is 0 Å². The smallest absolute Gasteiger partial charge is 0.00853 e. The lowest BCUT2D eigenvalue weighted by Gasteiger charge is -2.58. The van der Waals surface area contributed by atoms with Gasteiger partial charge in [0, 0.05) is 0 Å². The van der Waals surface area contributed by atoms with Crippen LogP contribution in [0.3, 0.4) is 0 Å². The first kappa shape index (κ1) is 21.7. The Labute approximate surface area is 182 Å². The summed E-state index contributed by atoms with van der Waals surface area (Å²) in [5, 5.41) is 0. The molecule has 4 aliphatic rings. The highest BCUT2D eigenvalue weighted by Gasteiger charge is 2.58. The SMILES string of the molecule is CCC(/C=C/C(C)C1CCC2C3CC=C4CCCCC4(C)C3CCC12C)C(C)C.